The van der Waals surface area contributed by atoms with Crippen molar-refractivity contribution in [3.8, 4) is 0 Å². The Bertz CT molecular complexity index is 201. The van der Waals surface area contributed by atoms with Crippen LogP contribution in [-0.2, 0) is 4.79 Å². The van der Waals surface area contributed by atoms with Gasteiger partial charge >= 0.3 is 5.97 Å². The third-order valence-corrected chi connectivity index (χ3v) is 3.24. The minimum Gasteiger partial charge on any atom is -0.481 e. The normalized spacial score (nSPS) is 21.5. The molecule has 15 heavy (non-hydrogen) atoms. The van der Waals surface area contributed by atoms with Crippen LogP contribution in [0.3, 0.4) is 0 Å². The summed E-state index contributed by atoms with van der Waals surface area (Å²) in [6, 6.07) is 0. The van der Waals surface area contributed by atoms with Crippen LogP contribution in [-0.4, -0.2) is 42.2 Å². The summed E-state index contributed by atoms with van der Waals surface area (Å²) >= 11 is 0. The van der Waals surface area contributed by atoms with Gasteiger partial charge < -0.3 is 15.7 Å². The third kappa shape index (κ3) is 4.18. The van der Waals surface area contributed by atoms with Gasteiger partial charge in [0.2, 0.25) is 0 Å². The fourth-order valence-electron chi connectivity index (χ4n) is 2.16. The van der Waals surface area contributed by atoms with Crippen molar-refractivity contribution in [1.29, 1.82) is 0 Å². The second-order valence-corrected chi connectivity index (χ2v) is 4.56. The molecule has 4 heteroatoms. The zero-order chi connectivity index (χ0) is 11.3. The molecule has 3 N–H and O–H groups in total. The summed E-state index contributed by atoms with van der Waals surface area (Å²) in [5, 5.41) is 8.81. The van der Waals surface area contributed by atoms with Crippen LogP contribution in [0, 0.1) is 11.8 Å². The number of hydrogen-bond acceptors (Lipinski definition) is 3. The molecule has 0 bridgehead atoms. The van der Waals surface area contributed by atoms with Crippen molar-refractivity contribution in [1.82, 2.24) is 4.90 Å². The SMILES string of the molecule is CC(CN1CCC(CCN)CC1)C(=O)O. The van der Waals surface area contributed by atoms with E-state index < -0.39 is 5.97 Å². The highest BCUT2D eigenvalue weighted by Crippen LogP contribution is 2.20. The predicted molar refractivity (Wildman–Crippen MR) is 59.6 cm³/mol. The summed E-state index contributed by atoms with van der Waals surface area (Å²) in [5.41, 5.74) is 5.52. The van der Waals surface area contributed by atoms with Crippen molar-refractivity contribution in [2.75, 3.05) is 26.2 Å². The summed E-state index contributed by atoms with van der Waals surface area (Å²) in [4.78, 5) is 13.0. The van der Waals surface area contributed by atoms with Crippen LogP contribution in [0.5, 0.6) is 0 Å². The highest BCUT2D eigenvalue weighted by Gasteiger charge is 2.21. The maximum Gasteiger partial charge on any atom is 0.307 e. The van der Waals surface area contributed by atoms with Gasteiger partial charge in [-0.1, -0.05) is 6.92 Å². The minimum atomic E-state index is -0.695. The van der Waals surface area contributed by atoms with Crippen molar-refractivity contribution in [3.05, 3.63) is 0 Å². The molecule has 88 valence electrons. The Balaban J connectivity index is 2.22. The number of hydrogen-bond donors (Lipinski definition) is 2. The predicted octanol–water partition coefficient (Wildman–Crippen LogP) is 0.768. The highest BCUT2D eigenvalue weighted by molar-refractivity contribution is 5.69. The monoisotopic (exact) mass is 214 g/mol. The summed E-state index contributed by atoms with van der Waals surface area (Å²) in [7, 11) is 0. The zero-order valence-corrected chi connectivity index (χ0v) is 9.48. The molecule has 0 aromatic carbocycles. The van der Waals surface area contributed by atoms with Crippen molar-refractivity contribution >= 4 is 5.97 Å². The molecule has 0 radical (unpaired) electrons. The largest absolute Gasteiger partial charge is 0.481 e. The lowest BCUT2D eigenvalue weighted by molar-refractivity contribution is -0.141. The molecule has 0 saturated carbocycles. The molecule has 1 heterocycles. The van der Waals surface area contributed by atoms with Gasteiger partial charge in [0.15, 0.2) is 0 Å². The van der Waals surface area contributed by atoms with Gasteiger partial charge in [-0.2, -0.15) is 0 Å². The first-order valence-electron chi connectivity index (χ1n) is 5.78. The minimum absolute atomic E-state index is 0.254. The van der Waals surface area contributed by atoms with E-state index in [0.717, 1.165) is 32.0 Å². The molecule has 0 aromatic heterocycles. The number of carboxylic acid groups (broad SMARTS) is 1. The van der Waals surface area contributed by atoms with Crippen LogP contribution in [0.4, 0.5) is 0 Å². The van der Waals surface area contributed by atoms with E-state index in [9.17, 15) is 4.79 Å². The fourth-order valence-corrected chi connectivity index (χ4v) is 2.16. The van der Waals surface area contributed by atoms with E-state index in [1.807, 2.05) is 0 Å². The van der Waals surface area contributed by atoms with Crippen LogP contribution in [0.2, 0.25) is 0 Å². The topological polar surface area (TPSA) is 66.6 Å². The summed E-state index contributed by atoms with van der Waals surface area (Å²) in [6.45, 7) is 5.29. The maximum atomic E-state index is 10.7. The van der Waals surface area contributed by atoms with Crippen LogP contribution in [0.15, 0.2) is 0 Å². The number of rotatable bonds is 5. The van der Waals surface area contributed by atoms with Crippen molar-refractivity contribution in [2.45, 2.75) is 26.2 Å². The molecule has 1 aliphatic rings. The van der Waals surface area contributed by atoms with Crippen molar-refractivity contribution in [2.24, 2.45) is 17.6 Å². The van der Waals surface area contributed by atoms with E-state index in [1.54, 1.807) is 6.92 Å². The second-order valence-electron chi connectivity index (χ2n) is 4.56. The Kier molecular flexibility index (Phi) is 5.05. The molecule has 1 rings (SSSR count). The van der Waals surface area contributed by atoms with E-state index in [1.165, 1.54) is 12.8 Å². The van der Waals surface area contributed by atoms with Gasteiger partial charge in [-0.05, 0) is 44.8 Å². The van der Waals surface area contributed by atoms with Gasteiger partial charge in [0.1, 0.15) is 0 Å². The molecule has 1 aliphatic heterocycles. The molecule has 1 saturated heterocycles. The van der Waals surface area contributed by atoms with Crippen molar-refractivity contribution in [3.63, 3.8) is 0 Å². The fraction of sp³-hybridized carbons (Fsp3) is 0.909. The molecule has 1 fully saturated rings. The molecule has 0 amide bonds. The molecular weight excluding hydrogens is 192 g/mol. The maximum absolute atomic E-state index is 10.7. The molecular formula is C11H22N2O2. The molecule has 0 aromatic rings. The van der Waals surface area contributed by atoms with E-state index in [0.29, 0.717) is 6.54 Å². The van der Waals surface area contributed by atoms with Crippen LogP contribution in [0.25, 0.3) is 0 Å². The number of nitrogens with two attached hydrogens (primary N) is 1. The van der Waals surface area contributed by atoms with E-state index in [2.05, 4.69) is 4.90 Å². The lowest BCUT2D eigenvalue weighted by atomic mass is 9.93. The Hall–Kier alpha value is -0.610. The summed E-state index contributed by atoms with van der Waals surface area (Å²) < 4.78 is 0. The highest BCUT2D eigenvalue weighted by atomic mass is 16.4. The number of piperidine rings is 1. The zero-order valence-electron chi connectivity index (χ0n) is 9.48. The lowest BCUT2D eigenvalue weighted by Crippen LogP contribution is -2.38. The van der Waals surface area contributed by atoms with Gasteiger partial charge in [0.05, 0.1) is 5.92 Å². The van der Waals surface area contributed by atoms with Gasteiger partial charge in [0.25, 0.3) is 0 Å². The molecule has 4 nitrogen and oxygen atoms in total. The molecule has 0 spiro atoms. The number of carboxylic acids is 1. The second kappa shape index (κ2) is 6.08. The standard InChI is InChI=1S/C11H22N2O2/c1-9(11(14)15)8-13-6-3-10(2-5-12)4-7-13/h9-10H,2-8,12H2,1H3,(H,14,15). The molecule has 1 atom stereocenters. The van der Waals surface area contributed by atoms with Crippen molar-refractivity contribution < 1.29 is 9.90 Å². The van der Waals surface area contributed by atoms with Crippen LogP contribution < -0.4 is 5.73 Å². The quantitative estimate of drug-likeness (QED) is 0.709. The van der Waals surface area contributed by atoms with Gasteiger partial charge in [-0.25, -0.2) is 0 Å². The molecule has 0 aliphatic carbocycles. The van der Waals surface area contributed by atoms with E-state index in [-0.39, 0.29) is 5.92 Å². The number of likely N-dealkylation sites (tertiary alicyclic amines) is 1. The van der Waals surface area contributed by atoms with Crippen LogP contribution in [0.1, 0.15) is 26.2 Å². The Morgan fingerprint density at radius 2 is 2.13 bits per heavy atom. The lowest BCUT2D eigenvalue weighted by Gasteiger charge is -2.32. The first-order chi connectivity index (χ1) is 7.13. The first kappa shape index (κ1) is 12.5. The van der Waals surface area contributed by atoms with E-state index in [4.69, 9.17) is 10.8 Å². The van der Waals surface area contributed by atoms with Gasteiger partial charge in [0, 0.05) is 6.54 Å². The summed E-state index contributed by atoms with van der Waals surface area (Å²) in [6.07, 6.45) is 3.45. The van der Waals surface area contributed by atoms with Crippen LogP contribution >= 0.6 is 0 Å². The first-order valence-corrected chi connectivity index (χ1v) is 5.78. The number of aliphatic carboxylic acids is 1. The van der Waals surface area contributed by atoms with E-state index >= 15 is 0 Å². The van der Waals surface area contributed by atoms with Gasteiger partial charge in [-0.3, -0.25) is 4.79 Å². The number of carbonyl (C=O) groups is 1. The van der Waals surface area contributed by atoms with Gasteiger partial charge in [-0.15, -0.1) is 0 Å². The Labute approximate surface area is 91.4 Å². The average molecular weight is 214 g/mol. The Morgan fingerprint density at radius 3 is 2.60 bits per heavy atom. The summed E-state index contributed by atoms with van der Waals surface area (Å²) in [5.74, 6) is -0.193. The smallest absolute Gasteiger partial charge is 0.307 e. The third-order valence-electron chi connectivity index (χ3n) is 3.24. The molecule has 1 unspecified atom stereocenters. The average Bonchev–Trinajstić information content (AvgIpc) is 2.21. The Morgan fingerprint density at radius 1 is 1.53 bits per heavy atom. The number of nitrogens with zero attached hydrogens (tertiary/aromatic N) is 1.